The summed E-state index contributed by atoms with van der Waals surface area (Å²) < 4.78 is 1.95. The van der Waals surface area contributed by atoms with Crippen molar-refractivity contribution in [1.29, 1.82) is 0 Å². The lowest BCUT2D eigenvalue weighted by atomic mass is 10.0. The molecule has 1 aromatic heterocycles. The van der Waals surface area contributed by atoms with Gasteiger partial charge in [0.05, 0.1) is 5.69 Å². The summed E-state index contributed by atoms with van der Waals surface area (Å²) in [6.45, 7) is 4.15. The van der Waals surface area contributed by atoms with E-state index in [0.29, 0.717) is 5.92 Å². The molecular formula is C13H17N3. The van der Waals surface area contributed by atoms with E-state index in [2.05, 4.69) is 12.0 Å². The van der Waals surface area contributed by atoms with Gasteiger partial charge in [0.25, 0.3) is 0 Å². The molecule has 3 nitrogen and oxygen atoms in total. The molecule has 0 aliphatic rings. The van der Waals surface area contributed by atoms with Crippen LogP contribution in [0.1, 0.15) is 25.5 Å². The van der Waals surface area contributed by atoms with Gasteiger partial charge in [0.15, 0.2) is 0 Å². The Labute approximate surface area is 95.9 Å². The molecule has 16 heavy (non-hydrogen) atoms. The topological polar surface area (TPSA) is 43.8 Å². The second-order valence-electron chi connectivity index (χ2n) is 4.15. The molecule has 0 aliphatic heterocycles. The van der Waals surface area contributed by atoms with Crippen LogP contribution in [0.4, 0.5) is 0 Å². The van der Waals surface area contributed by atoms with Gasteiger partial charge >= 0.3 is 0 Å². The number of nitrogens with zero attached hydrogens (tertiary/aromatic N) is 2. The molecule has 0 radical (unpaired) electrons. The first-order valence-corrected chi connectivity index (χ1v) is 5.55. The van der Waals surface area contributed by atoms with Crippen molar-refractivity contribution in [2.24, 2.45) is 5.73 Å². The van der Waals surface area contributed by atoms with Crippen LogP contribution >= 0.6 is 0 Å². The molecule has 0 saturated carbocycles. The third-order valence-corrected chi connectivity index (χ3v) is 2.93. The normalized spacial score (nSPS) is 14.7. The molecule has 2 unspecified atom stereocenters. The molecule has 0 aliphatic carbocycles. The van der Waals surface area contributed by atoms with E-state index in [1.165, 1.54) is 0 Å². The highest BCUT2D eigenvalue weighted by molar-refractivity contribution is 5.33. The van der Waals surface area contributed by atoms with Gasteiger partial charge in [0.2, 0.25) is 0 Å². The third kappa shape index (κ3) is 1.99. The van der Waals surface area contributed by atoms with E-state index in [-0.39, 0.29) is 6.04 Å². The van der Waals surface area contributed by atoms with Gasteiger partial charge in [-0.05, 0) is 25.1 Å². The summed E-state index contributed by atoms with van der Waals surface area (Å²) in [6.07, 6.45) is 1.82. The predicted octanol–water partition coefficient (Wildman–Crippen LogP) is 2.32. The van der Waals surface area contributed by atoms with Gasteiger partial charge in [0.1, 0.15) is 0 Å². The minimum atomic E-state index is 0.124. The van der Waals surface area contributed by atoms with E-state index < -0.39 is 0 Å². The molecule has 2 atom stereocenters. The zero-order valence-corrected chi connectivity index (χ0v) is 9.67. The summed E-state index contributed by atoms with van der Waals surface area (Å²) in [7, 11) is 0. The first kappa shape index (κ1) is 10.9. The van der Waals surface area contributed by atoms with E-state index >= 15 is 0 Å². The van der Waals surface area contributed by atoms with Crippen LogP contribution in [0, 0.1) is 0 Å². The molecule has 1 heterocycles. The van der Waals surface area contributed by atoms with Crippen LogP contribution in [0.3, 0.4) is 0 Å². The average molecular weight is 215 g/mol. The lowest BCUT2D eigenvalue weighted by Gasteiger charge is -2.17. The highest BCUT2D eigenvalue weighted by Gasteiger charge is 2.15. The molecule has 84 valence electrons. The highest BCUT2D eigenvalue weighted by Crippen LogP contribution is 2.20. The Morgan fingerprint density at radius 2 is 1.81 bits per heavy atom. The van der Waals surface area contributed by atoms with Gasteiger partial charge in [-0.25, -0.2) is 4.68 Å². The molecule has 3 heteroatoms. The molecule has 0 spiro atoms. The predicted molar refractivity (Wildman–Crippen MR) is 65.6 cm³/mol. The van der Waals surface area contributed by atoms with Gasteiger partial charge in [0, 0.05) is 23.9 Å². The van der Waals surface area contributed by atoms with E-state index in [9.17, 15) is 0 Å². The Balaban J connectivity index is 2.40. The number of hydrogen-bond donors (Lipinski definition) is 1. The molecule has 0 bridgehead atoms. The first-order valence-electron chi connectivity index (χ1n) is 5.55. The van der Waals surface area contributed by atoms with Crippen LogP contribution < -0.4 is 5.73 Å². The van der Waals surface area contributed by atoms with Gasteiger partial charge in [-0.2, -0.15) is 5.10 Å². The summed E-state index contributed by atoms with van der Waals surface area (Å²) in [5, 5.41) is 4.35. The summed E-state index contributed by atoms with van der Waals surface area (Å²) >= 11 is 0. The standard InChI is InChI=1S/C13H17N3/c1-10(11(2)14)13-8-9-15-16(13)12-6-4-3-5-7-12/h3-11H,14H2,1-2H3. The van der Waals surface area contributed by atoms with E-state index in [0.717, 1.165) is 11.4 Å². The zero-order chi connectivity index (χ0) is 11.5. The molecule has 0 amide bonds. The van der Waals surface area contributed by atoms with Crippen molar-refractivity contribution in [3.8, 4) is 5.69 Å². The Bertz CT molecular complexity index is 445. The van der Waals surface area contributed by atoms with E-state index in [1.54, 1.807) is 0 Å². The lowest BCUT2D eigenvalue weighted by Crippen LogP contribution is -2.24. The van der Waals surface area contributed by atoms with Gasteiger partial charge < -0.3 is 5.73 Å². The monoisotopic (exact) mass is 215 g/mol. The smallest absolute Gasteiger partial charge is 0.0648 e. The Hall–Kier alpha value is -1.61. The fourth-order valence-corrected chi connectivity index (χ4v) is 1.71. The second kappa shape index (κ2) is 4.49. The molecule has 0 fully saturated rings. The maximum absolute atomic E-state index is 5.93. The Kier molecular flexibility index (Phi) is 3.06. The minimum absolute atomic E-state index is 0.124. The Morgan fingerprint density at radius 3 is 2.44 bits per heavy atom. The van der Waals surface area contributed by atoms with Crippen molar-refractivity contribution in [2.75, 3.05) is 0 Å². The van der Waals surface area contributed by atoms with Crippen molar-refractivity contribution in [2.45, 2.75) is 25.8 Å². The van der Waals surface area contributed by atoms with Crippen LogP contribution in [0.25, 0.3) is 5.69 Å². The van der Waals surface area contributed by atoms with Crippen LogP contribution in [-0.4, -0.2) is 15.8 Å². The van der Waals surface area contributed by atoms with Crippen LogP contribution in [0.15, 0.2) is 42.6 Å². The summed E-state index contributed by atoms with van der Waals surface area (Å²) in [4.78, 5) is 0. The SMILES string of the molecule is CC(N)C(C)c1ccnn1-c1ccccc1. The maximum Gasteiger partial charge on any atom is 0.0648 e. The quantitative estimate of drug-likeness (QED) is 0.854. The number of rotatable bonds is 3. The van der Waals surface area contributed by atoms with Crippen molar-refractivity contribution in [3.05, 3.63) is 48.3 Å². The zero-order valence-electron chi connectivity index (χ0n) is 9.67. The Morgan fingerprint density at radius 1 is 1.12 bits per heavy atom. The summed E-state index contributed by atoms with van der Waals surface area (Å²) in [5.74, 6) is 0.294. The fourth-order valence-electron chi connectivity index (χ4n) is 1.71. The minimum Gasteiger partial charge on any atom is -0.327 e. The average Bonchev–Trinajstić information content (AvgIpc) is 2.77. The highest BCUT2D eigenvalue weighted by atomic mass is 15.3. The number of benzene rings is 1. The van der Waals surface area contributed by atoms with Crippen molar-refractivity contribution in [3.63, 3.8) is 0 Å². The second-order valence-corrected chi connectivity index (χ2v) is 4.15. The van der Waals surface area contributed by atoms with Gasteiger partial charge in [-0.3, -0.25) is 0 Å². The maximum atomic E-state index is 5.93. The van der Waals surface area contributed by atoms with Gasteiger partial charge in [-0.15, -0.1) is 0 Å². The molecule has 2 rings (SSSR count). The lowest BCUT2D eigenvalue weighted by molar-refractivity contribution is 0.578. The third-order valence-electron chi connectivity index (χ3n) is 2.93. The van der Waals surface area contributed by atoms with Crippen molar-refractivity contribution in [1.82, 2.24) is 9.78 Å². The van der Waals surface area contributed by atoms with Gasteiger partial charge in [-0.1, -0.05) is 25.1 Å². The van der Waals surface area contributed by atoms with Crippen LogP contribution in [0.5, 0.6) is 0 Å². The van der Waals surface area contributed by atoms with E-state index in [1.807, 2.05) is 54.2 Å². The molecule has 2 aromatic rings. The number of nitrogens with two attached hydrogens (primary N) is 1. The van der Waals surface area contributed by atoms with Crippen LogP contribution in [-0.2, 0) is 0 Å². The van der Waals surface area contributed by atoms with E-state index in [4.69, 9.17) is 5.73 Å². The first-order chi connectivity index (χ1) is 7.70. The summed E-state index contributed by atoms with van der Waals surface area (Å²) in [5.41, 5.74) is 8.17. The molecule has 2 N–H and O–H groups in total. The summed E-state index contributed by atoms with van der Waals surface area (Å²) in [6, 6.07) is 12.3. The fraction of sp³-hybridized carbons (Fsp3) is 0.308. The molecular weight excluding hydrogens is 198 g/mol. The van der Waals surface area contributed by atoms with Crippen LogP contribution in [0.2, 0.25) is 0 Å². The molecule has 0 saturated heterocycles. The number of para-hydroxylation sites is 1. The van der Waals surface area contributed by atoms with Crippen molar-refractivity contribution >= 4 is 0 Å². The number of aromatic nitrogens is 2. The number of hydrogen-bond acceptors (Lipinski definition) is 2. The van der Waals surface area contributed by atoms with Crippen molar-refractivity contribution < 1.29 is 0 Å². The largest absolute Gasteiger partial charge is 0.327 e. The molecule has 1 aromatic carbocycles.